The van der Waals surface area contributed by atoms with Gasteiger partial charge >= 0.3 is 23.9 Å². The highest BCUT2D eigenvalue weighted by atomic mass is 16.6. The smallest absolute Gasteiger partial charge is 0.332 e. The van der Waals surface area contributed by atoms with E-state index in [0.717, 1.165) is 32.1 Å². The maximum atomic E-state index is 13.2. The van der Waals surface area contributed by atoms with Crippen molar-refractivity contribution in [3.8, 4) is 5.75 Å². The van der Waals surface area contributed by atoms with Gasteiger partial charge in [-0.1, -0.05) is 59.8 Å². The Kier molecular flexibility index (Phi) is 13.7. The van der Waals surface area contributed by atoms with Gasteiger partial charge in [-0.15, -0.1) is 0 Å². The zero-order valence-corrected chi connectivity index (χ0v) is 25.0. The summed E-state index contributed by atoms with van der Waals surface area (Å²) in [5.41, 5.74) is 0.322. The topological polar surface area (TPSA) is 147 Å². The van der Waals surface area contributed by atoms with Gasteiger partial charge in [0.05, 0.1) is 11.8 Å². The van der Waals surface area contributed by atoms with E-state index in [9.17, 15) is 24.0 Å². The van der Waals surface area contributed by atoms with Crippen LogP contribution in [0, 0.1) is 18.8 Å². The molecule has 1 N–H and O–H groups in total. The van der Waals surface area contributed by atoms with Gasteiger partial charge in [0.2, 0.25) is 0 Å². The monoisotopic (exact) mass is 576 g/mol. The third-order valence-corrected chi connectivity index (χ3v) is 6.88. The summed E-state index contributed by atoms with van der Waals surface area (Å²) in [7, 11) is 0. The number of amides is 1. The van der Waals surface area contributed by atoms with Gasteiger partial charge in [-0.2, -0.15) is 0 Å². The number of cyclic esters (lactones) is 2. The molecule has 0 saturated carbocycles. The van der Waals surface area contributed by atoms with Crippen LogP contribution >= 0.6 is 0 Å². The van der Waals surface area contributed by atoms with Crippen LogP contribution in [0.4, 0.5) is 0 Å². The minimum Gasteiger partial charge on any atom is -0.463 e. The number of nitrogens with zero attached hydrogens (tertiary/aromatic N) is 1. The summed E-state index contributed by atoms with van der Waals surface area (Å²) in [5.74, 6) is -4.73. The number of aryl methyl sites for hydroxylation is 1. The van der Waals surface area contributed by atoms with Crippen molar-refractivity contribution in [2.75, 3.05) is 6.61 Å². The number of rotatable bonds is 13. The van der Waals surface area contributed by atoms with E-state index in [4.69, 9.17) is 18.9 Å². The van der Waals surface area contributed by atoms with Crippen LogP contribution in [-0.4, -0.2) is 59.6 Å². The van der Waals surface area contributed by atoms with E-state index in [2.05, 4.69) is 17.2 Å². The lowest BCUT2D eigenvalue weighted by Crippen LogP contribution is -2.47. The zero-order valence-electron chi connectivity index (χ0n) is 25.0. The van der Waals surface area contributed by atoms with Gasteiger partial charge in [0.1, 0.15) is 12.7 Å². The molecule has 1 aromatic heterocycles. The molecule has 4 unspecified atom stereocenters. The number of nitrogens with one attached hydrogen (secondary N) is 1. The normalized spacial score (nSPS) is 21.1. The van der Waals surface area contributed by atoms with Crippen LogP contribution in [-0.2, 0) is 33.4 Å². The van der Waals surface area contributed by atoms with E-state index >= 15 is 0 Å². The Hall–Kier alpha value is -3.50. The molecule has 11 heteroatoms. The SMILES string of the molecule is CCCCCCCCC(=O)Oc1c(C)ccnc1C(=O)NC1COC(=O)C(CC)C(OC(=O)C(C)C)C(C)OC1=O. The second-order valence-electron chi connectivity index (χ2n) is 10.7. The molecule has 1 aliphatic heterocycles. The minimum atomic E-state index is -1.38. The number of carbonyl (C=O) groups excluding carboxylic acids is 5. The van der Waals surface area contributed by atoms with Crippen LogP contribution < -0.4 is 10.1 Å². The highest BCUT2D eigenvalue weighted by Crippen LogP contribution is 2.25. The number of carbonyl (C=O) groups is 5. The maximum Gasteiger partial charge on any atom is 0.332 e. The van der Waals surface area contributed by atoms with Crippen LogP contribution in [0.2, 0.25) is 0 Å². The Bertz CT molecular complexity index is 1070. The quantitative estimate of drug-likeness (QED) is 0.206. The summed E-state index contributed by atoms with van der Waals surface area (Å²) in [5, 5.41) is 2.49. The van der Waals surface area contributed by atoms with Gasteiger partial charge < -0.3 is 24.3 Å². The first kappa shape index (κ1) is 33.7. The standard InChI is InChI=1S/C30H44N2O9/c1-7-9-10-11-12-13-14-23(33)40-25-19(5)15-16-31-24(25)27(34)32-22-17-38-29(36)21(8-2)26(20(6)39-30(22)37)41-28(35)18(3)4/h15-16,18,20-22,26H,7-14,17H2,1-6H3,(H,32,34). The van der Waals surface area contributed by atoms with E-state index < -0.39 is 66.5 Å². The molecule has 11 nitrogen and oxygen atoms in total. The van der Waals surface area contributed by atoms with Crippen LogP contribution in [0.5, 0.6) is 5.75 Å². The molecule has 0 aliphatic carbocycles. The van der Waals surface area contributed by atoms with Crippen molar-refractivity contribution in [3.05, 3.63) is 23.5 Å². The van der Waals surface area contributed by atoms with E-state index in [1.807, 2.05) is 0 Å². The van der Waals surface area contributed by atoms with Crippen molar-refractivity contribution in [1.82, 2.24) is 10.3 Å². The third-order valence-electron chi connectivity index (χ3n) is 6.88. The Balaban J connectivity index is 2.15. The summed E-state index contributed by atoms with van der Waals surface area (Å²) in [4.78, 5) is 68.1. The molecule has 2 rings (SSSR count). The van der Waals surface area contributed by atoms with E-state index in [-0.39, 0.29) is 24.3 Å². The predicted octanol–water partition coefficient (Wildman–Crippen LogP) is 4.23. The van der Waals surface area contributed by atoms with Crippen molar-refractivity contribution in [2.24, 2.45) is 11.8 Å². The number of ether oxygens (including phenoxy) is 4. The summed E-state index contributed by atoms with van der Waals surface area (Å²) in [6.07, 6.45) is 5.86. The molecule has 228 valence electrons. The number of pyridine rings is 1. The van der Waals surface area contributed by atoms with E-state index in [0.29, 0.717) is 12.0 Å². The van der Waals surface area contributed by atoms with Gasteiger partial charge in [0, 0.05) is 12.6 Å². The molecule has 1 saturated heterocycles. The van der Waals surface area contributed by atoms with Crippen LogP contribution in [0.15, 0.2) is 12.3 Å². The summed E-state index contributed by atoms with van der Waals surface area (Å²) < 4.78 is 21.9. The van der Waals surface area contributed by atoms with Gasteiger partial charge in [0.25, 0.3) is 5.91 Å². The minimum absolute atomic E-state index is 0.00510. The highest BCUT2D eigenvalue weighted by molar-refractivity contribution is 5.98. The van der Waals surface area contributed by atoms with Gasteiger partial charge in [-0.05, 0) is 38.3 Å². The molecule has 2 heterocycles. The number of aromatic nitrogens is 1. The molecule has 4 atom stereocenters. The lowest BCUT2D eigenvalue weighted by molar-refractivity contribution is -0.176. The third kappa shape index (κ3) is 10.1. The van der Waals surface area contributed by atoms with Crippen molar-refractivity contribution < 1.29 is 42.9 Å². The Labute approximate surface area is 242 Å². The summed E-state index contributed by atoms with van der Waals surface area (Å²) in [6, 6.07) is 0.227. The average Bonchev–Trinajstić information content (AvgIpc) is 2.96. The van der Waals surface area contributed by atoms with Crippen LogP contribution in [0.3, 0.4) is 0 Å². The van der Waals surface area contributed by atoms with E-state index in [1.54, 1.807) is 33.8 Å². The molecule has 0 spiro atoms. The first-order valence-electron chi connectivity index (χ1n) is 14.5. The molecule has 1 aliphatic rings. The Morgan fingerprint density at radius 2 is 1.76 bits per heavy atom. The second kappa shape index (κ2) is 16.7. The molecule has 0 radical (unpaired) electrons. The molecule has 0 aromatic carbocycles. The van der Waals surface area contributed by atoms with E-state index in [1.165, 1.54) is 13.1 Å². The lowest BCUT2D eigenvalue weighted by atomic mass is 9.95. The Morgan fingerprint density at radius 3 is 2.41 bits per heavy atom. The summed E-state index contributed by atoms with van der Waals surface area (Å²) in [6.45, 7) is 9.85. The number of hydrogen-bond acceptors (Lipinski definition) is 10. The van der Waals surface area contributed by atoms with Crippen molar-refractivity contribution in [3.63, 3.8) is 0 Å². The first-order valence-corrected chi connectivity index (χ1v) is 14.5. The van der Waals surface area contributed by atoms with Crippen molar-refractivity contribution >= 4 is 29.8 Å². The van der Waals surface area contributed by atoms with Crippen molar-refractivity contribution in [2.45, 2.75) is 111 Å². The average molecular weight is 577 g/mol. The molecule has 0 bridgehead atoms. The number of unbranched alkanes of at least 4 members (excludes halogenated alkanes) is 5. The maximum absolute atomic E-state index is 13.2. The van der Waals surface area contributed by atoms with Gasteiger partial charge in [-0.3, -0.25) is 19.2 Å². The van der Waals surface area contributed by atoms with Crippen molar-refractivity contribution in [1.29, 1.82) is 0 Å². The highest BCUT2D eigenvalue weighted by Gasteiger charge is 2.41. The molecular weight excluding hydrogens is 532 g/mol. The van der Waals surface area contributed by atoms with Gasteiger partial charge in [0.15, 0.2) is 23.6 Å². The van der Waals surface area contributed by atoms with Crippen LogP contribution in [0.1, 0.15) is 102 Å². The zero-order chi connectivity index (χ0) is 30.5. The number of hydrogen-bond donors (Lipinski definition) is 1. The van der Waals surface area contributed by atoms with Gasteiger partial charge in [-0.25, -0.2) is 9.78 Å². The summed E-state index contributed by atoms with van der Waals surface area (Å²) >= 11 is 0. The molecular formula is C30H44N2O9. The second-order valence-corrected chi connectivity index (χ2v) is 10.7. The molecule has 1 amide bonds. The molecule has 41 heavy (non-hydrogen) atoms. The first-order chi connectivity index (χ1) is 19.5. The fourth-order valence-corrected chi connectivity index (χ4v) is 4.36. The fraction of sp³-hybridized carbons (Fsp3) is 0.667. The predicted molar refractivity (Wildman–Crippen MR) is 149 cm³/mol. The fourth-order valence-electron chi connectivity index (χ4n) is 4.36. The molecule has 1 fully saturated rings. The lowest BCUT2D eigenvalue weighted by Gasteiger charge is -2.29. The molecule has 1 aromatic rings. The Morgan fingerprint density at radius 1 is 1.07 bits per heavy atom. The van der Waals surface area contributed by atoms with Crippen LogP contribution in [0.25, 0.3) is 0 Å². The number of esters is 4. The largest absolute Gasteiger partial charge is 0.463 e.